The van der Waals surface area contributed by atoms with E-state index in [2.05, 4.69) is 10.3 Å². The van der Waals surface area contributed by atoms with Gasteiger partial charge in [0.15, 0.2) is 15.8 Å². The Morgan fingerprint density at radius 3 is 2.57 bits per heavy atom. The van der Waals surface area contributed by atoms with Crippen LogP contribution in [0.1, 0.15) is 0 Å². The number of aliphatic imine (C=N–C) groups is 1. The Morgan fingerprint density at radius 1 is 1.38 bits per heavy atom. The highest BCUT2D eigenvalue weighted by atomic mass is 32.2. The van der Waals surface area contributed by atoms with E-state index in [0.717, 1.165) is 6.54 Å². The first-order valence-electron chi connectivity index (χ1n) is 6.37. The standard InChI is InChI=1S/C12H16N4O4S/c1-15-8-6-13-12(15)14-7-9-21(19,20)11-4-2-10(3-5-11)16(17)18/h2-5H,6-9H2,1H3,(H,13,14). The highest BCUT2D eigenvalue weighted by Crippen LogP contribution is 2.16. The second-order valence-corrected chi connectivity index (χ2v) is 6.73. The average molecular weight is 312 g/mol. The molecule has 0 aliphatic carbocycles. The number of nitro groups is 1. The predicted octanol–water partition coefficient (Wildman–Crippen LogP) is 0.260. The fourth-order valence-corrected chi connectivity index (χ4v) is 3.07. The van der Waals surface area contributed by atoms with Gasteiger partial charge in [0.25, 0.3) is 5.69 Å². The van der Waals surface area contributed by atoms with Crippen LogP contribution in [0, 0.1) is 10.1 Å². The Bertz CT molecular complexity index is 654. The monoisotopic (exact) mass is 312 g/mol. The van der Waals surface area contributed by atoms with Crippen LogP contribution >= 0.6 is 0 Å². The maximum absolute atomic E-state index is 12.1. The summed E-state index contributed by atoms with van der Waals surface area (Å²) in [4.78, 5) is 16.2. The maximum atomic E-state index is 12.1. The molecule has 1 aromatic carbocycles. The lowest BCUT2D eigenvalue weighted by Crippen LogP contribution is -2.38. The highest BCUT2D eigenvalue weighted by Gasteiger charge is 2.17. The third-order valence-electron chi connectivity index (χ3n) is 3.12. The third-order valence-corrected chi connectivity index (χ3v) is 4.85. The number of non-ortho nitro benzene ring substituents is 1. The van der Waals surface area contributed by atoms with E-state index < -0.39 is 14.8 Å². The van der Waals surface area contributed by atoms with Crippen LogP contribution in [0.15, 0.2) is 34.2 Å². The number of nitro benzene ring substituents is 1. The minimum Gasteiger partial charge on any atom is -0.355 e. The number of rotatable bonds is 5. The second-order valence-electron chi connectivity index (χ2n) is 4.62. The molecular weight excluding hydrogens is 296 g/mol. The molecule has 1 heterocycles. The quantitative estimate of drug-likeness (QED) is 0.617. The molecule has 1 aliphatic heterocycles. The minimum absolute atomic E-state index is 0.0802. The summed E-state index contributed by atoms with van der Waals surface area (Å²) in [6.45, 7) is 1.76. The van der Waals surface area contributed by atoms with E-state index in [4.69, 9.17) is 0 Å². The van der Waals surface area contributed by atoms with Gasteiger partial charge in [0, 0.05) is 32.3 Å². The van der Waals surface area contributed by atoms with Gasteiger partial charge in [0.05, 0.1) is 22.1 Å². The number of hydrogen-bond acceptors (Lipinski definition) is 7. The van der Waals surface area contributed by atoms with E-state index in [0.29, 0.717) is 12.5 Å². The van der Waals surface area contributed by atoms with Gasteiger partial charge in [-0.2, -0.15) is 0 Å². The van der Waals surface area contributed by atoms with Gasteiger partial charge in [-0.25, -0.2) is 8.42 Å². The van der Waals surface area contributed by atoms with Gasteiger partial charge in [-0.05, 0) is 12.1 Å². The highest BCUT2D eigenvalue weighted by molar-refractivity contribution is 7.91. The van der Waals surface area contributed by atoms with Gasteiger partial charge >= 0.3 is 0 Å². The SMILES string of the molecule is CN1CCN=C1NCCS(=O)(=O)c1ccc([N+](=O)[O-])cc1. The van der Waals surface area contributed by atoms with Crippen molar-refractivity contribution in [3.8, 4) is 0 Å². The molecule has 1 aromatic rings. The number of likely N-dealkylation sites (N-methyl/N-ethyl adjacent to an activating group) is 1. The van der Waals surface area contributed by atoms with Crippen LogP contribution in [0.4, 0.5) is 5.69 Å². The van der Waals surface area contributed by atoms with Gasteiger partial charge in [0.2, 0.25) is 0 Å². The van der Waals surface area contributed by atoms with Crippen molar-refractivity contribution in [2.24, 2.45) is 4.99 Å². The molecular formula is C12H16N4O4S. The molecule has 0 amide bonds. The summed E-state index contributed by atoms with van der Waals surface area (Å²) in [5.41, 5.74) is -0.131. The van der Waals surface area contributed by atoms with E-state index in [9.17, 15) is 18.5 Å². The van der Waals surface area contributed by atoms with Crippen LogP contribution in [0.2, 0.25) is 0 Å². The minimum atomic E-state index is -3.47. The number of guanidine groups is 1. The molecule has 21 heavy (non-hydrogen) atoms. The molecule has 0 saturated carbocycles. The number of nitrogens with one attached hydrogen (secondary N) is 1. The van der Waals surface area contributed by atoms with Crippen LogP contribution in [0.3, 0.4) is 0 Å². The summed E-state index contributed by atoms with van der Waals surface area (Å²) >= 11 is 0. The Hall–Kier alpha value is -2.16. The zero-order valence-electron chi connectivity index (χ0n) is 11.5. The van der Waals surface area contributed by atoms with Crippen LogP contribution in [0.5, 0.6) is 0 Å². The molecule has 0 atom stereocenters. The van der Waals surface area contributed by atoms with Crippen LogP contribution in [-0.4, -0.2) is 56.6 Å². The molecule has 0 bridgehead atoms. The first-order chi connectivity index (χ1) is 9.90. The van der Waals surface area contributed by atoms with Gasteiger partial charge in [0.1, 0.15) is 0 Å². The molecule has 0 saturated heterocycles. The first kappa shape index (κ1) is 15.2. The predicted molar refractivity (Wildman–Crippen MR) is 78.1 cm³/mol. The van der Waals surface area contributed by atoms with E-state index in [-0.39, 0.29) is 22.9 Å². The molecule has 9 heteroatoms. The van der Waals surface area contributed by atoms with Gasteiger partial charge in [-0.3, -0.25) is 15.1 Å². The van der Waals surface area contributed by atoms with Crippen molar-refractivity contribution in [2.45, 2.75) is 4.90 Å². The number of nitrogens with zero attached hydrogens (tertiary/aromatic N) is 3. The fraction of sp³-hybridized carbons (Fsp3) is 0.417. The molecule has 0 spiro atoms. The van der Waals surface area contributed by atoms with Gasteiger partial charge < -0.3 is 10.2 Å². The lowest BCUT2D eigenvalue weighted by molar-refractivity contribution is -0.384. The Balaban J connectivity index is 1.96. The van der Waals surface area contributed by atoms with Gasteiger partial charge in [-0.15, -0.1) is 0 Å². The maximum Gasteiger partial charge on any atom is 0.269 e. The van der Waals surface area contributed by atoms with E-state index >= 15 is 0 Å². The molecule has 0 fully saturated rings. The Kier molecular flexibility index (Phi) is 4.41. The summed E-state index contributed by atoms with van der Waals surface area (Å²) in [6, 6.07) is 4.89. The molecule has 0 aromatic heterocycles. The Labute approximate surface area is 122 Å². The molecule has 2 rings (SSSR count). The summed E-state index contributed by atoms with van der Waals surface area (Å²) < 4.78 is 24.2. The van der Waals surface area contributed by atoms with Crippen LogP contribution in [-0.2, 0) is 9.84 Å². The smallest absolute Gasteiger partial charge is 0.269 e. The van der Waals surface area contributed by atoms with E-state index in [1.54, 1.807) is 0 Å². The summed E-state index contributed by atoms with van der Waals surface area (Å²) in [5, 5.41) is 13.5. The van der Waals surface area contributed by atoms with Crippen molar-refractivity contribution in [3.05, 3.63) is 34.4 Å². The van der Waals surface area contributed by atoms with Crippen molar-refractivity contribution in [1.29, 1.82) is 0 Å². The molecule has 8 nitrogen and oxygen atoms in total. The number of benzene rings is 1. The zero-order valence-corrected chi connectivity index (χ0v) is 12.3. The number of hydrogen-bond donors (Lipinski definition) is 1. The third kappa shape index (κ3) is 3.69. The lowest BCUT2D eigenvalue weighted by atomic mass is 10.3. The molecule has 114 valence electrons. The fourth-order valence-electron chi connectivity index (χ4n) is 1.91. The van der Waals surface area contributed by atoms with E-state index in [1.165, 1.54) is 24.3 Å². The van der Waals surface area contributed by atoms with Crippen LogP contribution < -0.4 is 5.32 Å². The van der Waals surface area contributed by atoms with Crippen molar-refractivity contribution < 1.29 is 13.3 Å². The summed E-state index contributed by atoms with van der Waals surface area (Å²) in [6.07, 6.45) is 0. The van der Waals surface area contributed by atoms with Gasteiger partial charge in [-0.1, -0.05) is 0 Å². The zero-order chi connectivity index (χ0) is 15.5. The van der Waals surface area contributed by atoms with Crippen molar-refractivity contribution in [2.75, 3.05) is 32.4 Å². The second kappa shape index (κ2) is 6.08. The molecule has 1 aliphatic rings. The Morgan fingerprint density at radius 2 is 2.05 bits per heavy atom. The molecule has 0 radical (unpaired) electrons. The van der Waals surface area contributed by atoms with Crippen molar-refractivity contribution in [3.63, 3.8) is 0 Å². The first-order valence-corrected chi connectivity index (χ1v) is 8.02. The topological polar surface area (TPSA) is 105 Å². The summed E-state index contributed by atoms with van der Waals surface area (Å²) in [5.74, 6) is 0.589. The van der Waals surface area contributed by atoms with Crippen molar-refractivity contribution >= 4 is 21.5 Å². The van der Waals surface area contributed by atoms with E-state index in [1.807, 2.05) is 11.9 Å². The lowest BCUT2D eigenvalue weighted by Gasteiger charge is -2.15. The average Bonchev–Trinajstić information content (AvgIpc) is 2.84. The van der Waals surface area contributed by atoms with Crippen LogP contribution in [0.25, 0.3) is 0 Å². The molecule has 1 N–H and O–H groups in total. The largest absolute Gasteiger partial charge is 0.355 e. The summed E-state index contributed by atoms with van der Waals surface area (Å²) in [7, 11) is -1.59. The number of sulfone groups is 1. The van der Waals surface area contributed by atoms with Crippen molar-refractivity contribution in [1.82, 2.24) is 10.2 Å². The molecule has 0 unspecified atom stereocenters. The normalized spacial score (nSPS) is 14.9.